The molecule has 1 radical (unpaired) electrons. The lowest BCUT2D eigenvalue weighted by atomic mass is 9.84. The monoisotopic (exact) mass is 141 g/mol. The van der Waals surface area contributed by atoms with Gasteiger partial charge in [0.05, 0.1) is 0 Å². The third kappa shape index (κ3) is 4.84. The van der Waals surface area contributed by atoms with E-state index in [9.17, 15) is 0 Å². The molecular formula is C10H21. The van der Waals surface area contributed by atoms with E-state index in [1.54, 1.807) is 0 Å². The Labute approximate surface area is 66.0 Å². The van der Waals surface area contributed by atoms with Crippen molar-refractivity contribution < 1.29 is 0 Å². The van der Waals surface area contributed by atoms with Gasteiger partial charge in [0.15, 0.2) is 0 Å². The van der Waals surface area contributed by atoms with E-state index in [1.165, 1.54) is 25.7 Å². The molecule has 0 aromatic heterocycles. The summed E-state index contributed by atoms with van der Waals surface area (Å²) in [5, 5.41) is 0. The van der Waals surface area contributed by atoms with Crippen molar-refractivity contribution in [1.29, 1.82) is 0 Å². The lowest BCUT2D eigenvalue weighted by Gasteiger charge is -2.21. The quantitative estimate of drug-likeness (QED) is 0.511. The Hall–Kier alpha value is 0. The van der Waals surface area contributed by atoms with Gasteiger partial charge in [-0.15, -0.1) is 0 Å². The second-order valence-electron chi connectivity index (χ2n) is 3.69. The van der Waals surface area contributed by atoms with Crippen molar-refractivity contribution in [1.82, 2.24) is 0 Å². The normalized spacial score (nSPS) is 12.0. The predicted octanol–water partition coefficient (Wildman–Crippen LogP) is 3.82. The molecule has 0 aromatic rings. The van der Waals surface area contributed by atoms with E-state index in [0.29, 0.717) is 5.41 Å². The molecule has 0 amide bonds. The van der Waals surface area contributed by atoms with E-state index in [-0.39, 0.29) is 0 Å². The fourth-order valence-electron chi connectivity index (χ4n) is 0.841. The Morgan fingerprint density at radius 2 is 1.80 bits per heavy atom. The zero-order valence-corrected chi connectivity index (χ0v) is 7.91. The van der Waals surface area contributed by atoms with Crippen LogP contribution >= 0.6 is 0 Å². The van der Waals surface area contributed by atoms with Gasteiger partial charge in [0, 0.05) is 0 Å². The zero-order valence-electron chi connectivity index (χ0n) is 7.91. The molecule has 61 valence electrons. The summed E-state index contributed by atoms with van der Waals surface area (Å²) in [4.78, 5) is 0. The van der Waals surface area contributed by atoms with Gasteiger partial charge in [-0.25, -0.2) is 0 Å². The fraction of sp³-hybridized carbons (Fsp3) is 0.900. The summed E-state index contributed by atoms with van der Waals surface area (Å²) in [5.74, 6) is 0. The first-order valence-corrected chi connectivity index (χ1v) is 4.46. The Morgan fingerprint density at radius 3 is 2.20 bits per heavy atom. The van der Waals surface area contributed by atoms with Crippen molar-refractivity contribution in [3.63, 3.8) is 0 Å². The van der Waals surface area contributed by atoms with Gasteiger partial charge in [0.1, 0.15) is 0 Å². The fourth-order valence-corrected chi connectivity index (χ4v) is 0.841. The smallest absolute Gasteiger partial charge is 0.0326 e. The van der Waals surface area contributed by atoms with Crippen molar-refractivity contribution in [2.75, 3.05) is 0 Å². The molecule has 0 atom stereocenters. The summed E-state index contributed by atoms with van der Waals surface area (Å²) in [7, 11) is 0. The number of hydrogen-bond acceptors (Lipinski definition) is 0. The second-order valence-corrected chi connectivity index (χ2v) is 3.69. The van der Waals surface area contributed by atoms with E-state index >= 15 is 0 Å². The molecule has 0 N–H and O–H groups in total. The van der Waals surface area contributed by atoms with Crippen LogP contribution < -0.4 is 0 Å². The molecule has 10 heavy (non-hydrogen) atoms. The zero-order chi connectivity index (χ0) is 8.04. The van der Waals surface area contributed by atoms with E-state index in [4.69, 9.17) is 0 Å². The Bertz CT molecular complexity index is 72.1. The van der Waals surface area contributed by atoms with Gasteiger partial charge in [-0.2, -0.15) is 0 Å². The minimum atomic E-state index is 0.467. The van der Waals surface area contributed by atoms with E-state index in [0.717, 1.165) is 0 Å². The largest absolute Gasteiger partial charge is 0.0654 e. The van der Waals surface area contributed by atoms with Crippen LogP contribution in [0.5, 0.6) is 0 Å². The van der Waals surface area contributed by atoms with Crippen molar-refractivity contribution in [2.24, 2.45) is 5.41 Å². The lowest BCUT2D eigenvalue weighted by molar-refractivity contribution is 0.402. The Morgan fingerprint density at radius 1 is 1.20 bits per heavy atom. The van der Waals surface area contributed by atoms with E-state index in [1.807, 2.05) is 0 Å². The van der Waals surface area contributed by atoms with Crippen molar-refractivity contribution in [2.45, 2.75) is 53.4 Å². The molecule has 0 saturated heterocycles. The summed E-state index contributed by atoms with van der Waals surface area (Å²) >= 11 is 0. The second kappa shape index (κ2) is 4.76. The van der Waals surface area contributed by atoms with Crippen LogP contribution in [0.3, 0.4) is 0 Å². The molecule has 0 rings (SSSR count). The molecule has 0 saturated carbocycles. The third-order valence-corrected chi connectivity index (χ3v) is 2.17. The molecule has 0 aliphatic rings. The van der Waals surface area contributed by atoms with Gasteiger partial charge in [-0.3, -0.25) is 0 Å². The number of hydrogen-bond donors (Lipinski definition) is 0. The van der Waals surface area contributed by atoms with Gasteiger partial charge in [0.2, 0.25) is 0 Å². The van der Waals surface area contributed by atoms with Gasteiger partial charge in [-0.1, -0.05) is 47.0 Å². The van der Waals surface area contributed by atoms with Gasteiger partial charge in [-0.05, 0) is 18.3 Å². The first-order valence-electron chi connectivity index (χ1n) is 4.46. The summed E-state index contributed by atoms with van der Waals surface area (Å²) in [6.07, 6.45) is 7.67. The minimum Gasteiger partial charge on any atom is -0.0654 e. The molecule has 0 heteroatoms. The van der Waals surface area contributed by atoms with Crippen LogP contribution in [-0.2, 0) is 0 Å². The standard InChI is InChI=1S/C10H21/c1-5-7-8-9-10(3,4)6-2/h9H,5-8H2,1-4H3. The molecule has 0 bridgehead atoms. The molecule has 0 heterocycles. The van der Waals surface area contributed by atoms with Crippen LogP contribution in [0, 0.1) is 11.8 Å². The van der Waals surface area contributed by atoms with Crippen molar-refractivity contribution in [3.05, 3.63) is 6.42 Å². The summed E-state index contributed by atoms with van der Waals surface area (Å²) in [6, 6.07) is 0. The maximum absolute atomic E-state index is 2.45. The van der Waals surface area contributed by atoms with Crippen LogP contribution in [0.1, 0.15) is 53.4 Å². The van der Waals surface area contributed by atoms with Gasteiger partial charge >= 0.3 is 0 Å². The summed E-state index contributed by atoms with van der Waals surface area (Å²) in [5.41, 5.74) is 0.467. The highest BCUT2D eigenvalue weighted by molar-refractivity contribution is 4.82. The van der Waals surface area contributed by atoms with Crippen LogP contribution in [-0.4, -0.2) is 0 Å². The maximum Gasteiger partial charge on any atom is -0.0326 e. The first kappa shape index (κ1) is 10.0. The molecular weight excluding hydrogens is 120 g/mol. The highest BCUT2D eigenvalue weighted by Gasteiger charge is 2.13. The Kier molecular flexibility index (Phi) is 4.76. The molecule has 0 aromatic carbocycles. The molecule has 0 unspecified atom stereocenters. The minimum absolute atomic E-state index is 0.467. The molecule has 0 aliphatic carbocycles. The maximum atomic E-state index is 2.45. The molecule has 0 fully saturated rings. The average molecular weight is 141 g/mol. The number of unbranched alkanes of at least 4 members (excludes halogenated alkanes) is 2. The SMILES string of the molecule is CCCC[CH]C(C)(C)CC. The predicted molar refractivity (Wildman–Crippen MR) is 47.9 cm³/mol. The van der Waals surface area contributed by atoms with Crippen molar-refractivity contribution >= 4 is 0 Å². The highest BCUT2D eigenvalue weighted by Crippen LogP contribution is 2.25. The third-order valence-electron chi connectivity index (χ3n) is 2.17. The van der Waals surface area contributed by atoms with Crippen molar-refractivity contribution in [3.8, 4) is 0 Å². The van der Waals surface area contributed by atoms with Gasteiger partial charge in [0.25, 0.3) is 0 Å². The topological polar surface area (TPSA) is 0 Å². The summed E-state index contributed by atoms with van der Waals surface area (Å²) < 4.78 is 0. The Balaban J connectivity index is 3.28. The molecule has 0 nitrogen and oxygen atoms in total. The average Bonchev–Trinajstić information content (AvgIpc) is 1.89. The molecule has 0 aliphatic heterocycles. The van der Waals surface area contributed by atoms with Gasteiger partial charge < -0.3 is 0 Å². The lowest BCUT2D eigenvalue weighted by Crippen LogP contribution is -2.09. The number of rotatable bonds is 5. The van der Waals surface area contributed by atoms with Crippen LogP contribution in [0.2, 0.25) is 0 Å². The van der Waals surface area contributed by atoms with Crippen LogP contribution in [0.15, 0.2) is 0 Å². The highest BCUT2D eigenvalue weighted by atomic mass is 14.2. The van der Waals surface area contributed by atoms with Crippen LogP contribution in [0.4, 0.5) is 0 Å². The van der Waals surface area contributed by atoms with E-state index < -0.39 is 0 Å². The summed E-state index contributed by atoms with van der Waals surface area (Å²) in [6.45, 7) is 9.11. The van der Waals surface area contributed by atoms with Crippen LogP contribution in [0.25, 0.3) is 0 Å². The first-order chi connectivity index (χ1) is 4.62. The molecule has 0 spiro atoms. The van der Waals surface area contributed by atoms with E-state index in [2.05, 4.69) is 34.1 Å².